The minimum absolute atomic E-state index is 0.333. The van der Waals surface area contributed by atoms with Gasteiger partial charge in [-0.15, -0.1) is 4.91 Å². The molecule has 0 unspecified atom stereocenters. The van der Waals surface area contributed by atoms with Crippen LogP contribution in [-0.4, -0.2) is 61.1 Å². The van der Waals surface area contributed by atoms with Crippen molar-refractivity contribution in [1.82, 2.24) is 14.8 Å². The molecular weight excluding hydrogens is 542 g/mol. The van der Waals surface area contributed by atoms with Gasteiger partial charge in [-0.25, -0.2) is 0 Å². The van der Waals surface area contributed by atoms with Gasteiger partial charge in [-0.1, -0.05) is 71.2 Å². The Kier molecular flexibility index (Phi) is 13.8. The minimum atomic E-state index is 0.333. The Labute approximate surface area is 269 Å². The normalized spacial score (nSPS) is 18.4. The van der Waals surface area contributed by atoms with Crippen LogP contribution in [0.3, 0.4) is 0 Å². The average Bonchev–Trinajstić information content (AvgIpc) is 3.02. The van der Waals surface area contributed by atoms with Crippen molar-refractivity contribution in [3.63, 3.8) is 0 Å². The maximum Gasteiger partial charge on any atom is 0.0602 e. The first-order valence-electron chi connectivity index (χ1n) is 17.1. The first kappa shape index (κ1) is 35.6. The van der Waals surface area contributed by atoms with Crippen molar-refractivity contribution in [2.24, 2.45) is 16.9 Å². The first-order valence-corrected chi connectivity index (χ1v) is 17.1. The maximum absolute atomic E-state index is 11.1. The lowest BCUT2D eigenvalue weighted by Gasteiger charge is -2.38. The number of nitrogens with zero attached hydrogens (tertiary/aromatic N) is 4. The predicted octanol–water partition coefficient (Wildman–Crippen LogP) is 8.95. The van der Waals surface area contributed by atoms with Crippen LogP contribution < -0.4 is 5.73 Å². The summed E-state index contributed by atoms with van der Waals surface area (Å²) >= 11 is 0. The van der Waals surface area contributed by atoms with E-state index in [4.69, 9.17) is 5.73 Å². The lowest BCUT2D eigenvalue weighted by atomic mass is 9.79. The van der Waals surface area contributed by atoms with Gasteiger partial charge in [0.25, 0.3) is 0 Å². The molecule has 1 aromatic carbocycles. The smallest absolute Gasteiger partial charge is 0.0602 e. The number of hydrogen-bond acceptors (Lipinski definition) is 5. The highest BCUT2D eigenvalue weighted by molar-refractivity contribution is 5.77. The number of nitroso groups, excluding NO2 is 1. The highest BCUT2D eigenvalue weighted by atomic mass is 16.3. The van der Waals surface area contributed by atoms with Crippen molar-refractivity contribution >= 4 is 5.57 Å². The molecule has 2 fully saturated rings. The fraction of sp³-hybridized carbons (Fsp3) is 0.632. The number of benzene rings is 1. The van der Waals surface area contributed by atoms with Crippen molar-refractivity contribution in [2.75, 3.05) is 40.3 Å². The second-order valence-corrected chi connectivity index (χ2v) is 13.8. The second kappa shape index (κ2) is 17.0. The van der Waals surface area contributed by atoms with E-state index in [1.165, 1.54) is 70.6 Å². The Morgan fingerprint density at radius 2 is 1.75 bits per heavy atom. The molecule has 0 spiro atoms. The van der Waals surface area contributed by atoms with Gasteiger partial charge in [0.2, 0.25) is 0 Å². The molecule has 1 aliphatic carbocycles. The maximum atomic E-state index is 11.1. The van der Waals surface area contributed by atoms with Crippen LogP contribution in [0.15, 0.2) is 64.3 Å². The third kappa shape index (κ3) is 9.09. The summed E-state index contributed by atoms with van der Waals surface area (Å²) in [6, 6.07) is 7.89. The number of rotatable bonds is 14. The first-order chi connectivity index (χ1) is 21.0. The zero-order chi connectivity index (χ0) is 32.4. The van der Waals surface area contributed by atoms with Crippen LogP contribution in [0, 0.1) is 17.7 Å². The molecule has 2 N–H and O–H groups in total. The van der Waals surface area contributed by atoms with Crippen molar-refractivity contribution < 1.29 is 0 Å². The molecule has 0 bridgehead atoms. The van der Waals surface area contributed by atoms with Gasteiger partial charge < -0.3 is 10.6 Å². The van der Waals surface area contributed by atoms with E-state index in [1.54, 1.807) is 13.2 Å². The fourth-order valence-corrected chi connectivity index (χ4v) is 7.41. The highest BCUT2D eigenvalue weighted by Crippen LogP contribution is 2.39. The fourth-order valence-electron chi connectivity index (χ4n) is 7.41. The predicted molar refractivity (Wildman–Crippen MR) is 189 cm³/mol. The molecule has 0 amide bonds. The summed E-state index contributed by atoms with van der Waals surface area (Å²) in [7, 11) is 4.00. The van der Waals surface area contributed by atoms with Crippen molar-refractivity contribution in [2.45, 2.75) is 111 Å². The van der Waals surface area contributed by atoms with E-state index < -0.39 is 0 Å². The summed E-state index contributed by atoms with van der Waals surface area (Å²) in [5.74, 6) is 0.886. The molecule has 1 heterocycles. The molecule has 1 saturated heterocycles. The summed E-state index contributed by atoms with van der Waals surface area (Å²) in [6.45, 7) is 21.4. The van der Waals surface area contributed by atoms with Gasteiger partial charge in [0.05, 0.1) is 11.8 Å². The van der Waals surface area contributed by atoms with Crippen LogP contribution in [0.4, 0.5) is 0 Å². The van der Waals surface area contributed by atoms with Gasteiger partial charge in [0, 0.05) is 44.6 Å². The third-order valence-electron chi connectivity index (χ3n) is 10.1. The molecule has 44 heavy (non-hydrogen) atoms. The van der Waals surface area contributed by atoms with Crippen molar-refractivity contribution in [3.8, 4) is 0 Å². The minimum Gasteiger partial charge on any atom is -0.404 e. The van der Waals surface area contributed by atoms with Crippen LogP contribution in [-0.2, 0) is 0 Å². The second-order valence-electron chi connectivity index (χ2n) is 13.8. The largest absolute Gasteiger partial charge is 0.404 e. The van der Waals surface area contributed by atoms with Gasteiger partial charge in [-0.3, -0.25) is 9.91 Å². The lowest BCUT2D eigenvalue weighted by molar-refractivity contribution is 0.177. The van der Waals surface area contributed by atoms with Crippen LogP contribution in [0.5, 0.6) is 0 Å². The van der Waals surface area contributed by atoms with E-state index in [0.717, 1.165) is 68.1 Å². The average molecular weight is 604 g/mol. The molecule has 6 nitrogen and oxygen atoms in total. The Morgan fingerprint density at radius 3 is 2.32 bits per heavy atom. The Bertz CT molecular complexity index is 1210. The number of hydrogen-bond donors (Lipinski definition) is 1. The summed E-state index contributed by atoms with van der Waals surface area (Å²) in [5, 5.41) is 4.51. The molecular formula is C38H61N5O. The van der Waals surface area contributed by atoms with Crippen LogP contribution in [0.25, 0.3) is 5.57 Å². The summed E-state index contributed by atoms with van der Waals surface area (Å²) in [6.07, 6.45) is 12.9. The van der Waals surface area contributed by atoms with Crippen molar-refractivity contribution in [3.05, 3.63) is 80.6 Å². The Balaban J connectivity index is 1.86. The van der Waals surface area contributed by atoms with Gasteiger partial charge in [0.15, 0.2) is 0 Å². The van der Waals surface area contributed by atoms with E-state index in [0.29, 0.717) is 18.4 Å². The summed E-state index contributed by atoms with van der Waals surface area (Å²) in [4.78, 5) is 16.2. The molecule has 3 rings (SSSR count). The van der Waals surface area contributed by atoms with E-state index >= 15 is 0 Å². The standard InChI is InChI=1S/C38H61N5O/c1-10-14-35(37(24-39)31(7)29(5)25-42(9)40-44)38(27(2)3)36-23-33(18-17-28(36)4)32-19-21-43(22-20-32)30(6)26-41(8)34-15-12-11-13-16-34/h17-18,23-24,27,32,34H,6,10-16,19-22,25-26,39H2,1-5,7-9H3/b31-29-,37-24+,38-35+. The summed E-state index contributed by atoms with van der Waals surface area (Å²) < 4.78 is 0. The molecule has 0 atom stereocenters. The Hall–Kier alpha value is -2.86. The number of nitrogens with two attached hydrogens (primary N) is 1. The van der Waals surface area contributed by atoms with E-state index in [-0.39, 0.29) is 0 Å². The number of aryl methyl sites for hydroxylation is 1. The Morgan fingerprint density at radius 1 is 1.09 bits per heavy atom. The molecule has 6 heteroatoms. The van der Waals surface area contributed by atoms with E-state index in [9.17, 15) is 4.91 Å². The SMILES string of the molecule is C=C(CN(C)C1CCCCC1)N1CCC(c2ccc(C)c(/C(=C(CCC)/C(=C/N)C(/C)=C(/C)CN(C)N=O)C(C)C)c2)CC1. The van der Waals surface area contributed by atoms with Gasteiger partial charge in [0.1, 0.15) is 0 Å². The molecule has 1 aromatic rings. The monoisotopic (exact) mass is 603 g/mol. The number of likely N-dealkylation sites (tertiary alicyclic amines) is 1. The molecule has 1 saturated carbocycles. The third-order valence-corrected chi connectivity index (χ3v) is 10.1. The van der Waals surface area contributed by atoms with Gasteiger partial charge in [-0.2, -0.15) is 0 Å². The highest BCUT2D eigenvalue weighted by Gasteiger charge is 2.26. The molecule has 1 aliphatic heterocycles. The molecule has 244 valence electrons. The van der Waals surface area contributed by atoms with E-state index in [2.05, 4.69) is 88.5 Å². The number of allylic oxidation sites excluding steroid dienone is 4. The van der Waals surface area contributed by atoms with Gasteiger partial charge >= 0.3 is 0 Å². The van der Waals surface area contributed by atoms with Crippen molar-refractivity contribution in [1.29, 1.82) is 0 Å². The molecule has 0 aromatic heterocycles. The quantitative estimate of drug-likeness (QED) is 0.131. The summed E-state index contributed by atoms with van der Waals surface area (Å²) in [5.41, 5.74) is 17.8. The zero-order valence-electron chi connectivity index (χ0n) is 29.2. The molecule has 2 aliphatic rings. The zero-order valence-corrected chi connectivity index (χ0v) is 29.2. The number of likely N-dealkylation sites (N-methyl/N-ethyl adjacent to an activating group) is 2. The topological polar surface area (TPSA) is 65.2 Å². The lowest BCUT2D eigenvalue weighted by Crippen LogP contribution is -2.40. The van der Waals surface area contributed by atoms with Crippen LogP contribution in [0.1, 0.15) is 115 Å². The van der Waals surface area contributed by atoms with E-state index in [1.807, 2.05) is 0 Å². The van der Waals surface area contributed by atoms with Crippen LogP contribution >= 0.6 is 0 Å². The van der Waals surface area contributed by atoms with Gasteiger partial charge in [-0.05, 0) is 116 Å². The van der Waals surface area contributed by atoms with Crippen LogP contribution in [0.2, 0.25) is 0 Å². The number of piperidine rings is 1. The molecule has 0 radical (unpaired) electrons.